The van der Waals surface area contributed by atoms with E-state index in [4.69, 9.17) is 24.9 Å². The number of aryl methyl sites for hydroxylation is 2. The lowest BCUT2D eigenvalue weighted by Crippen LogP contribution is -2.09. The van der Waals surface area contributed by atoms with Gasteiger partial charge in [0.15, 0.2) is 6.79 Å². The highest BCUT2D eigenvalue weighted by atomic mass is 16.7. The molecule has 0 amide bonds. The van der Waals surface area contributed by atoms with Gasteiger partial charge >= 0.3 is 0 Å². The van der Waals surface area contributed by atoms with Crippen LogP contribution < -0.4 is 15.2 Å². The molecule has 1 aromatic carbocycles. The zero-order chi connectivity index (χ0) is 18.4. The van der Waals surface area contributed by atoms with Gasteiger partial charge in [-0.05, 0) is 60.7 Å². The number of nitrogens with two attached hydrogens (primary N) is 1. The number of benzene rings is 1. The highest BCUT2D eigenvalue weighted by Gasteiger charge is 2.13. The van der Waals surface area contributed by atoms with E-state index < -0.39 is 0 Å². The molecular formula is C20H28N2O3. The first-order chi connectivity index (χ1) is 12.0. The minimum absolute atomic E-state index is 0.181. The molecule has 0 aliphatic rings. The van der Waals surface area contributed by atoms with Crippen LogP contribution in [0.4, 0.5) is 0 Å². The third kappa shape index (κ3) is 4.94. The molecule has 5 nitrogen and oxygen atoms in total. The smallest absolute Gasteiger partial charge is 0.188 e. The van der Waals surface area contributed by atoms with E-state index in [0.717, 1.165) is 29.3 Å². The molecule has 0 aliphatic carbocycles. The Hall–Kier alpha value is -2.11. The van der Waals surface area contributed by atoms with Crippen molar-refractivity contribution in [3.8, 4) is 11.5 Å². The summed E-state index contributed by atoms with van der Waals surface area (Å²) in [6, 6.07) is 8.04. The summed E-state index contributed by atoms with van der Waals surface area (Å²) in [5.74, 6) is 1.86. The van der Waals surface area contributed by atoms with Gasteiger partial charge in [0.05, 0.1) is 5.69 Å². The SMILES string of the molecule is COCOc1ccc(Cc2c(C)cc(OCN)cc2C)nc1C(C)C. The fraction of sp³-hybridized carbons (Fsp3) is 0.450. The summed E-state index contributed by atoms with van der Waals surface area (Å²) in [4.78, 5) is 4.83. The summed E-state index contributed by atoms with van der Waals surface area (Å²) in [5.41, 5.74) is 11.1. The van der Waals surface area contributed by atoms with Crippen LogP contribution in [0.1, 0.15) is 47.8 Å². The lowest BCUT2D eigenvalue weighted by atomic mass is 9.97. The van der Waals surface area contributed by atoms with E-state index in [9.17, 15) is 0 Å². The number of pyridine rings is 1. The van der Waals surface area contributed by atoms with Crippen LogP contribution in [0.5, 0.6) is 11.5 Å². The quantitative estimate of drug-likeness (QED) is 0.740. The van der Waals surface area contributed by atoms with Gasteiger partial charge in [0.1, 0.15) is 18.2 Å². The Morgan fingerprint density at radius 3 is 2.32 bits per heavy atom. The van der Waals surface area contributed by atoms with Crippen molar-refractivity contribution in [1.82, 2.24) is 4.98 Å². The molecular weight excluding hydrogens is 316 g/mol. The molecule has 1 aromatic heterocycles. The number of aromatic nitrogens is 1. The lowest BCUT2D eigenvalue weighted by molar-refractivity contribution is 0.0499. The number of hydrogen-bond donors (Lipinski definition) is 1. The van der Waals surface area contributed by atoms with Crippen molar-refractivity contribution in [2.24, 2.45) is 5.73 Å². The minimum Gasteiger partial charge on any atom is -0.479 e. The molecule has 2 rings (SSSR count). The number of nitrogens with zero attached hydrogens (tertiary/aromatic N) is 1. The van der Waals surface area contributed by atoms with Gasteiger partial charge in [-0.15, -0.1) is 0 Å². The second-order valence-corrected chi connectivity index (χ2v) is 6.41. The monoisotopic (exact) mass is 344 g/mol. The molecule has 5 heteroatoms. The second kappa shape index (κ2) is 8.83. The Morgan fingerprint density at radius 1 is 1.08 bits per heavy atom. The van der Waals surface area contributed by atoms with Crippen LogP contribution in [0, 0.1) is 13.8 Å². The molecule has 0 atom stereocenters. The molecule has 0 bridgehead atoms. The van der Waals surface area contributed by atoms with Crippen LogP contribution >= 0.6 is 0 Å². The Labute approximate surface area is 150 Å². The van der Waals surface area contributed by atoms with Gasteiger partial charge in [-0.1, -0.05) is 13.8 Å². The Morgan fingerprint density at radius 2 is 1.76 bits per heavy atom. The van der Waals surface area contributed by atoms with Crippen LogP contribution in [0.2, 0.25) is 0 Å². The average molecular weight is 344 g/mol. The predicted octanol–water partition coefficient (Wildman–Crippen LogP) is 3.69. The third-order valence-electron chi connectivity index (χ3n) is 4.10. The molecule has 0 spiro atoms. The van der Waals surface area contributed by atoms with Gasteiger partial charge in [0, 0.05) is 19.2 Å². The van der Waals surface area contributed by atoms with E-state index in [1.807, 2.05) is 24.3 Å². The van der Waals surface area contributed by atoms with Crippen LogP contribution in [-0.2, 0) is 11.2 Å². The average Bonchev–Trinajstić information content (AvgIpc) is 2.57. The molecule has 0 saturated carbocycles. The van der Waals surface area contributed by atoms with Gasteiger partial charge < -0.3 is 14.2 Å². The first kappa shape index (κ1) is 19.2. The highest BCUT2D eigenvalue weighted by molar-refractivity contribution is 5.43. The molecule has 2 N–H and O–H groups in total. The summed E-state index contributed by atoms with van der Waals surface area (Å²) in [5, 5.41) is 0. The van der Waals surface area contributed by atoms with Gasteiger partial charge in [0.25, 0.3) is 0 Å². The van der Waals surface area contributed by atoms with Crippen LogP contribution in [-0.4, -0.2) is 25.6 Å². The van der Waals surface area contributed by atoms with Crippen LogP contribution in [0.25, 0.3) is 0 Å². The van der Waals surface area contributed by atoms with Gasteiger partial charge in [-0.3, -0.25) is 10.7 Å². The number of methoxy groups -OCH3 is 1. The number of hydrogen-bond acceptors (Lipinski definition) is 5. The number of ether oxygens (including phenoxy) is 3. The van der Waals surface area contributed by atoms with Gasteiger partial charge in [0.2, 0.25) is 0 Å². The molecule has 136 valence electrons. The van der Waals surface area contributed by atoms with Crippen LogP contribution in [0.3, 0.4) is 0 Å². The normalized spacial score (nSPS) is 11.0. The van der Waals surface area contributed by atoms with E-state index in [0.29, 0.717) is 0 Å². The first-order valence-electron chi connectivity index (χ1n) is 8.50. The van der Waals surface area contributed by atoms with Gasteiger partial charge in [-0.25, -0.2) is 0 Å². The van der Waals surface area contributed by atoms with Crippen molar-refractivity contribution in [3.63, 3.8) is 0 Å². The summed E-state index contributed by atoms with van der Waals surface area (Å²) in [7, 11) is 1.61. The third-order valence-corrected chi connectivity index (χ3v) is 4.10. The predicted molar refractivity (Wildman–Crippen MR) is 99.2 cm³/mol. The molecule has 25 heavy (non-hydrogen) atoms. The van der Waals surface area contributed by atoms with Crippen molar-refractivity contribution >= 4 is 0 Å². The fourth-order valence-electron chi connectivity index (χ4n) is 2.85. The fourth-order valence-corrected chi connectivity index (χ4v) is 2.85. The van der Waals surface area contributed by atoms with E-state index in [-0.39, 0.29) is 19.4 Å². The molecule has 2 aromatic rings. The van der Waals surface area contributed by atoms with E-state index in [2.05, 4.69) is 27.7 Å². The Kier molecular flexibility index (Phi) is 6.79. The van der Waals surface area contributed by atoms with E-state index >= 15 is 0 Å². The van der Waals surface area contributed by atoms with Crippen molar-refractivity contribution in [3.05, 3.63) is 52.3 Å². The topological polar surface area (TPSA) is 66.6 Å². The van der Waals surface area contributed by atoms with Crippen molar-refractivity contribution in [2.75, 3.05) is 20.6 Å². The maximum absolute atomic E-state index is 5.63. The summed E-state index contributed by atoms with van der Waals surface area (Å²) >= 11 is 0. The zero-order valence-corrected chi connectivity index (χ0v) is 15.8. The van der Waals surface area contributed by atoms with Crippen molar-refractivity contribution < 1.29 is 14.2 Å². The molecule has 0 fully saturated rings. The summed E-state index contributed by atoms with van der Waals surface area (Å²) in [6.45, 7) is 8.81. The zero-order valence-electron chi connectivity index (χ0n) is 15.8. The maximum Gasteiger partial charge on any atom is 0.188 e. The Balaban J connectivity index is 2.29. The van der Waals surface area contributed by atoms with E-state index in [1.54, 1.807) is 7.11 Å². The van der Waals surface area contributed by atoms with Crippen LogP contribution in [0.15, 0.2) is 24.3 Å². The molecule has 0 radical (unpaired) electrons. The van der Waals surface area contributed by atoms with Crippen molar-refractivity contribution in [2.45, 2.75) is 40.0 Å². The molecule has 0 unspecified atom stereocenters. The largest absolute Gasteiger partial charge is 0.479 e. The number of rotatable bonds is 8. The molecule has 0 saturated heterocycles. The standard InChI is InChI=1S/C20H28N2O3/c1-13(2)20-19(25-12-23-5)7-6-16(22-20)10-18-14(3)8-17(24-11-21)9-15(18)4/h6-9,13H,10-12,21H2,1-5H3. The molecule has 0 aliphatic heterocycles. The second-order valence-electron chi connectivity index (χ2n) is 6.41. The highest BCUT2D eigenvalue weighted by Crippen LogP contribution is 2.28. The Bertz CT molecular complexity index is 691. The van der Waals surface area contributed by atoms with E-state index in [1.165, 1.54) is 16.7 Å². The van der Waals surface area contributed by atoms with Crippen molar-refractivity contribution in [1.29, 1.82) is 0 Å². The maximum atomic E-state index is 5.63. The summed E-state index contributed by atoms with van der Waals surface area (Å²) in [6.07, 6.45) is 0.769. The lowest BCUT2D eigenvalue weighted by Gasteiger charge is -2.16. The summed E-state index contributed by atoms with van der Waals surface area (Å²) < 4.78 is 16.0. The molecule has 1 heterocycles. The minimum atomic E-state index is 0.181. The first-order valence-corrected chi connectivity index (χ1v) is 8.50. The van der Waals surface area contributed by atoms with Gasteiger partial charge in [-0.2, -0.15) is 0 Å².